The summed E-state index contributed by atoms with van der Waals surface area (Å²) in [4.78, 5) is 2.22. The first-order valence-corrected chi connectivity index (χ1v) is 7.15. The molecule has 0 saturated carbocycles. The highest BCUT2D eigenvalue weighted by molar-refractivity contribution is 5.30. The van der Waals surface area contributed by atoms with E-state index in [2.05, 4.69) is 43.4 Å². The van der Waals surface area contributed by atoms with Crippen molar-refractivity contribution in [3.8, 4) is 5.75 Å². The van der Waals surface area contributed by atoms with Crippen LogP contribution in [0.25, 0.3) is 0 Å². The zero-order valence-electron chi connectivity index (χ0n) is 13.3. The molecule has 4 heteroatoms. The number of hydrogen-bond acceptors (Lipinski definition) is 4. The SMILES string of the molecule is CCC(COC)NCC(c1cccc(OC)c1)N(C)C. The molecule has 20 heavy (non-hydrogen) atoms. The van der Waals surface area contributed by atoms with Crippen molar-refractivity contribution in [1.82, 2.24) is 10.2 Å². The summed E-state index contributed by atoms with van der Waals surface area (Å²) < 4.78 is 10.5. The van der Waals surface area contributed by atoms with Crippen LogP contribution in [0, 0.1) is 0 Å². The van der Waals surface area contributed by atoms with E-state index < -0.39 is 0 Å². The minimum Gasteiger partial charge on any atom is -0.497 e. The Labute approximate surface area is 123 Å². The van der Waals surface area contributed by atoms with E-state index in [1.807, 2.05) is 12.1 Å². The third-order valence-electron chi connectivity index (χ3n) is 3.56. The first-order chi connectivity index (χ1) is 9.62. The maximum absolute atomic E-state index is 5.31. The van der Waals surface area contributed by atoms with Gasteiger partial charge in [0.1, 0.15) is 5.75 Å². The van der Waals surface area contributed by atoms with Gasteiger partial charge in [0, 0.05) is 25.7 Å². The van der Waals surface area contributed by atoms with Crippen LogP contribution in [-0.4, -0.2) is 52.4 Å². The summed E-state index contributed by atoms with van der Waals surface area (Å²) in [5.41, 5.74) is 1.26. The highest BCUT2D eigenvalue weighted by Crippen LogP contribution is 2.22. The number of rotatable bonds is 9. The molecule has 1 aromatic rings. The Morgan fingerprint density at radius 3 is 2.55 bits per heavy atom. The summed E-state index contributed by atoms with van der Waals surface area (Å²) in [6.07, 6.45) is 1.06. The topological polar surface area (TPSA) is 33.7 Å². The third kappa shape index (κ3) is 5.12. The van der Waals surface area contributed by atoms with Crippen LogP contribution in [0.2, 0.25) is 0 Å². The highest BCUT2D eigenvalue weighted by atomic mass is 16.5. The second-order valence-electron chi connectivity index (χ2n) is 5.22. The Morgan fingerprint density at radius 1 is 1.25 bits per heavy atom. The van der Waals surface area contributed by atoms with Gasteiger partial charge in [-0.15, -0.1) is 0 Å². The fourth-order valence-corrected chi connectivity index (χ4v) is 2.25. The van der Waals surface area contributed by atoms with Crippen LogP contribution in [-0.2, 0) is 4.74 Å². The number of nitrogens with zero attached hydrogens (tertiary/aromatic N) is 1. The highest BCUT2D eigenvalue weighted by Gasteiger charge is 2.16. The van der Waals surface area contributed by atoms with E-state index >= 15 is 0 Å². The summed E-state index contributed by atoms with van der Waals surface area (Å²) >= 11 is 0. The molecule has 0 spiro atoms. The standard InChI is InChI=1S/C16H28N2O2/c1-6-14(12-19-4)17-11-16(18(2)3)13-8-7-9-15(10-13)20-5/h7-10,14,16-17H,6,11-12H2,1-5H3. The molecule has 0 aliphatic heterocycles. The Hall–Kier alpha value is -1.10. The minimum atomic E-state index is 0.316. The van der Waals surface area contributed by atoms with Gasteiger partial charge >= 0.3 is 0 Å². The molecule has 0 bridgehead atoms. The Kier molecular flexibility index (Phi) is 7.59. The van der Waals surface area contributed by atoms with Crippen molar-refractivity contribution in [3.05, 3.63) is 29.8 Å². The van der Waals surface area contributed by atoms with Gasteiger partial charge < -0.3 is 19.7 Å². The van der Waals surface area contributed by atoms with Crippen LogP contribution >= 0.6 is 0 Å². The van der Waals surface area contributed by atoms with E-state index in [0.717, 1.165) is 25.3 Å². The van der Waals surface area contributed by atoms with Crippen LogP contribution in [0.5, 0.6) is 5.75 Å². The second-order valence-corrected chi connectivity index (χ2v) is 5.22. The summed E-state index contributed by atoms with van der Waals surface area (Å²) in [6, 6.07) is 8.97. The lowest BCUT2D eigenvalue weighted by molar-refractivity contribution is 0.158. The quantitative estimate of drug-likeness (QED) is 0.752. The van der Waals surface area contributed by atoms with Crippen LogP contribution in [0.1, 0.15) is 24.9 Å². The zero-order chi connectivity index (χ0) is 15.0. The molecule has 2 atom stereocenters. The van der Waals surface area contributed by atoms with Crippen molar-refractivity contribution in [2.24, 2.45) is 0 Å². The van der Waals surface area contributed by atoms with E-state index in [1.54, 1.807) is 14.2 Å². The zero-order valence-corrected chi connectivity index (χ0v) is 13.3. The number of nitrogens with one attached hydrogen (secondary N) is 1. The number of ether oxygens (including phenoxy) is 2. The largest absolute Gasteiger partial charge is 0.497 e. The molecule has 0 saturated heterocycles. The van der Waals surface area contributed by atoms with Gasteiger partial charge in [-0.3, -0.25) is 0 Å². The smallest absolute Gasteiger partial charge is 0.119 e. The van der Waals surface area contributed by atoms with Crippen molar-refractivity contribution < 1.29 is 9.47 Å². The van der Waals surface area contributed by atoms with Gasteiger partial charge in [-0.05, 0) is 38.2 Å². The maximum atomic E-state index is 5.31. The predicted molar refractivity (Wildman–Crippen MR) is 83.4 cm³/mol. The maximum Gasteiger partial charge on any atom is 0.119 e. The molecule has 0 heterocycles. The van der Waals surface area contributed by atoms with Gasteiger partial charge in [-0.1, -0.05) is 19.1 Å². The lowest BCUT2D eigenvalue weighted by Gasteiger charge is -2.27. The fraction of sp³-hybridized carbons (Fsp3) is 0.625. The van der Waals surface area contributed by atoms with Gasteiger partial charge in [0.2, 0.25) is 0 Å². The van der Waals surface area contributed by atoms with Crippen molar-refractivity contribution in [3.63, 3.8) is 0 Å². The summed E-state index contributed by atoms with van der Waals surface area (Å²) in [7, 11) is 7.65. The molecule has 0 radical (unpaired) electrons. The van der Waals surface area contributed by atoms with E-state index in [0.29, 0.717) is 12.1 Å². The molecule has 114 valence electrons. The number of benzene rings is 1. The molecule has 0 aliphatic rings. The minimum absolute atomic E-state index is 0.316. The second kappa shape index (κ2) is 8.95. The van der Waals surface area contributed by atoms with E-state index in [9.17, 15) is 0 Å². The molecule has 0 amide bonds. The van der Waals surface area contributed by atoms with Crippen molar-refractivity contribution in [2.75, 3.05) is 41.5 Å². The average Bonchev–Trinajstić information content (AvgIpc) is 2.46. The van der Waals surface area contributed by atoms with Gasteiger partial charge in [-0.2, -0.15) is 0 Å². The van der Waals surface area contributed by atoms with Gasteiger partial charge in [0.05, 0.1) is 13.7 Å². The molecule has 1 N–H and O–H groups in total. The predicted octanol–water partition coefficient (Wildman–Crippen LogP) is 2.31. The normalized spacial score (nSPS) is 14.3. The molecular formula is C16H28N2O2. The number of likely N-dealkylation sites (N-methyl/N-ethyl adjacent to an activating group) is 1. The molecular weight excluding hydrogens is 252 g/mol. The van der Waals surface area contributed by atoms with Crippen LogP contribution in [0.3, 0.4) is 0 Å². The third-order valence-corrected chi connectivity index (χ3v) is 3.56. The van der Waals surface area contributed by atoms with Gasteiger partial charge in [-0.25, -0.2) is 0 Å². The number of hydrogen-bond donors (Lipinski definition) is 1. The molecule has 0 fully saturated rings. The molecule has 0 aliphatic carbocycles. The Balaban J connectivity index is 2.73. The molecule has 1 rings (SSSR count). The summed E-state index contributed by atoms with van der Waals surface area (Å²) in [6.45, 7) is 3.81. The Morgan fingerprint density at radius 2 is 2.00 bits per heavy atom. The van der Waals surface area contributed by atoms with Crippen molar-refractivity contribution in [2.45, 2.75) is 25.4 Å². The van der Waals surface area contributed by atoms with E-state index in [1.165, 1.54) is 5.56 Å². The molecule has 0 aromatic heterocycles. The van der Waals surface area contributed by atoms with Gasteiger partial charge in [0.15, 0.2) is 0 Å². The molecule has 2 unspecified atom stereocenters. The van der Waals surface area contributed by atoms with Gasteiger partial charge in [0.25, 0.3) is 0 Å². The monoisotopic (exact) mass is 280 g/mol. The molecule has 1 aromatic carbocycles. The lowest BCUT2D eigenvalue weighted by atomic mass is 10.0. The molecule has 4 nitrogen and oxygen atoms in total. The Bertz CT molecular complexity index is 382. The first-order valence-electron chi connectivity index (χ1n) is 7.15. The summed E-state index contributed by atoms with van der Waals surface area (Å²) in [5.74, 6) is 0.901. The summed E-state index contributed by atoms with van der Waals surface area (Å²) in [5, 5.41) is 3.58. The fourth-order valence-electron chi connectivity index (χ4n) is 2.25. The van der Waals surface area contributed by atoms with Crippen LogP contribution in [0.15, 0.2) is 24.3 Å². The average molecular weight is 280 g/mol. The van der Waals surface area contributed by atoms with Crippen molar-refractivity contribution >= 4 is 0 Å². The van der Waals surface area contributed by atoms with Crippen molar-refractivity contribution in [1.29, 1.82) is 0 Å². The van der Waals surface area contributed by atoms with Crippen LogP contribution in [0.4, 0.5) is 0 Å². The first kappa shape index (κ1) is 17.0. The van der Waals surface area contributed by atoms with E-state index in [-0.39, 0.29) is 0 Å². The van der Waals surface area contributed by atoms with E-state index in [4.69, 9.17) is 9.47 Å². The lowest BCUT2D eigenvalue weighted by Crippen LogP contribution is -2.39. The number of methoxy groups -OCH3 is 2. The van der Waals surface area contributed by atoms with Crippen LogP contribution < -0.4 is 10.1 Å².